The maximum atomic E-state index is 10.2. The molecule has 0 bridgehead atoms. The van der Waals surface area contributed by atoms with Crippen molar-refractivity contribution in [3.8, 4) is 0 Å². The molecule has 5 heteroatoms. The molecule has 0 fully saturated rings. The number of hydrogen-bond donors (Lipinski definition) is 1. The molecule has 0 aromatic rings. The van der Waals surface area contributed by atoms with Gasteiger partial charge in [-0.3, -0.25) is 4.99 Å². The summed E-state index contributed by atoms with van der Waals surface area (Å²) in [4.78, 5) is 13.8. The summed E-state index contributed by atoms with van der Waals surface area (Å²) in [7, 11) is 0. The summed E-state index contributed by atoms with van der Waals surface area (Å²) in [6, 6.07) is 0. The minimum absolute atomic E-state index is 0. The van der Waals surface area contributed by atoms with E-state index in [4.69, 9.17) is 5.11 Å². The van der Waals surface area contributed by atoms with Gasteiger partial charge in [0.2, 0.25) is 0 Å². The topological polar surface area (TPSA) is 49.7 Å². The van der Waals surface area contributed by atoms with E-state index in [1.807, 2.05) is 0 Å². The zero-order chi connectivity index (χ0) is 6.69. The molecule has 56 valence electrons. The van der Waals surface area contributed by atoms with Crippen LogP contribution in [0.25, 0.3) is 0 Å². The van der Waals surface area contributed by atoms with Crippen LogP contribution in [-0.4, -0.2) is 22.5 Å². The lowest BCUT2D eigenvalue weighted by molar-refractivity contribution is -0.129. The fourth-order valence-corrected chi connectivity index (χ4v) is 1.04. The van der Waals surface area contributed by atoms with Gasteiger partial charge < -0.3 is 5.11 Å². The highest BCUT2D eigenvalue weighted by Crippen LogP contribution is 2.07. The van der Waals surface area contributed by atoms with E-state index in [1.54, 1.807) is 5.41 Å². The van der Waals surface area contributed by atoms with Crippen molar-refractivity contribution in [2.45, 2.75) is 0 Å². The molecule has 1 aliphatic heterocycles. The zero-order valence-corrected chi connectivity index (χ0v) is 6.61. The minimum atomic E-state index is -0.924. The van der Waals surface area contributed by atoms with Gasteiger partial charge in [-0.05, 0) is 5.41 Å². The Labute approximate surface area is 68.6 Å². The van der Waals surface area contributed by atoms with Crippen LogP contribution < -0.4 is 0 Å². The lowest BCUT2D eigenvalue weighted by Gasteiger charge is -1.99. The van der Waals surface area contributed by atoms with Crippen LogP contribution >= 0.6 is 24.2 Å². The summed E-state index contributed by atoms with van der Waals surface area (Å²) in [5.41, 5.74) is 0.225. The molecule has 1 heterocycles. The van der Waals surface area contributed by atoms with Crippen LogP contribution in [0.4, 0.5) is 0 Å². The first-order valence-corrected chi connectivity index (χ1v) is 3.42. The molecule has 0 aromatic heterocycles. The van der Waals surface area contributed by atoms with Crippen molar-refractivity contribution in [2.75, 3.05) is 5.75 Å². The molecule has 1 aliphatic rings. The van der Waals surface area contributed by atoms with E-state index in [0.29, 0.717) is 5.75 Å². The summed E-state index contributed by atoms with van der Waals surface area (Å²) in [5.74, 6) is -0.446. The highest BCUT2D eigenvalue weighted by atomic mass is 35.5. The van der Waals surface area contributed by atoms with Crippen LogP contribution in [0.3, 0.4) is 0 Å². The molecule has 0 atom stereocenters. The van der Waals surface area contributed by atoms with Crippen LogP contribution in [0.15, 0.2) is 16.6 Å². The van der Waals surface area contributed by atoms with E-state index in [-0.39, 0.29) is 18.1 Å². The number of carboxylic acids is 1. The number of hydrogen-bond acceptors (Lipinski definition) is 3. The highest BCUT2D eigenvalue weighted by molar-refractivity contribution is 8.02. The SMILES string of the molecule is Cl.O=C(O)C1=NC=CSC1. The maximum Gasteiger partial charge on any atom is 0.351 e. The van der Waals surface area contributed by atoms with E-state index >= 15 is 0 Å². The third-order valence-electron chi connectivity index (χ3n) is 0.854. The Kier molecular flexibility index (Phi) is 4.14. The quantitative estimate of drug-likeness (QED) is 0.657. The molecule has 0 saturated heterocycles. The van der Waals surface area contributed by atoms with Crippen LogP contribution in [0.2, 0.25) is 0 Å². The van der Waals surface area contributed by atoms with Crippen molar-refractivity contribution in [1.29, 1.82) is 0 Å². The minimum Gasteiger partial charge on any atom is -0.477 e. The van der Waals surface area contributed by atoms with E-state index in [1.165, 1.54) is 18.0 Å². The summed E-state index contributed by atoms with van der Waals surface area (Å²) in [5, 5.41) is 10.1. The predicted octanol–water partition coefficient (Wildman–Crippen LogP) is 1.15. The van der Waals surface area contributed by atoms with E-state index < -0.39 is 5.97 Å². The lowest BCUT2D eigenvalue weighted by atomic mass is 10.4. The number of carbonyl (C=O) groups is 1. The van der Waals surface area contributed by atoms with Crippen LogP contribution in [0.5, 0.6) is 0 Å². The van der Waals surface area contributed by atoms with Gasteiger partial charge in [0.05, 0.1) is 0 Å². The summed E-state index contributed by atoms with van der Waals surface area (Å²) >= 11 is 1.44. The van der Waals surface area contributed by atoms with Crippen molar-refractivity contribution in [3.05, 3.63) is 11.6 Å². The fraction of sp³-hybridized carbons (Fsp3) is 0.200. The molecular weight excluding hydrogens is 174 g/mol. The number of carboxylic acid groups (broad SMARTS) is 1. The van der Waals surface area contributed by atoms with Crippen LogP contribution in [-0.2, 0) is 4.79 Å². The predicted molar refractivity (Wildman–Crippen MR) is 43.9 cm³/mol. The Morgan fingerprint density at radius 1 is 1.80 bits per heavy atom. The van der Waals surface area contributed by atoms with Gasteiger partial charge in [0.25, 0.3) is 0 Å². The first kappa shape index (κ1) is 9.52. The van der Waals surface area contributed by atoms with Gasteiger partial charge in [0.1, 0.15) is 5.71 Å². The average Bonchev–Trinajstić information content (AvgIpc) is 1.90. The van der Waals surface area contributed by atoms with E-state index in [0.717, 1.165) is 0 Å². The van der Waals surface area contributed by atoms with Gasteiger partial charge in [-0.15, -0.1) is 24.2 Å². The Hall–Kier alpha value is -0.480. The molecule has 0 radical (unpaired) electrons. The standard InChI is InChI=1S/C5H5NO2S.ClH/c7-5(8)4-3-9-2-1-6-4;/h1-2H,3H2,(H,7,8);1H. The summed E-state index contributed by atoms with van der Waals surface area (Å²) in [6.45, 7) is 0. The molecule has 1 N–H and O–H groups in total. The second-order valence-electron chi connectivity index (χ2n) is 1.48. The normalized spacial score (nSPS) is 15.4. The van der Waals surface area contributed by atoms with E-state index in [2.05, 4.69) is 4.99 Å². The number of aliphatic carboxylic acids is 1. The smallest absolute Gasteiger partial charge is 0.351 e. The fourth-order valence-electron chi connectivity index (χ4n) is 0.445. The average molecular weight is 180 g/mol. The Morgan fingerprint density at radius 3 is 2.80 bits per heavy atom. The zero-order valence-electron chi connectivity index (χ0n) is 4.98. The second-order valence-corrected chi connectivity index (χ2v) is 2.37. The highest BCUT2D eigenvalue weighted by Gasteiger charge is 2.08. The number of nitrogens with zero attached hydrogens (tertiary/aromatic N) is 1. The van der Waals surface area contributed by atoms with Crippen molar-refractivity contribution in [3.63, 3.8) is 0 Å². The number of rotatable bonds is 1. The van der Waals surface area contributed by atoms with Gasteiger partial charge in [-0.1, -0.05) is 0 Å². The molecule has 0 spiro atoms. The third kappa shape index (κ3) is 2.41. The lowest BCUT2D eigenvalue weighted by Crippen LogP contribution is -2.15. The molecule has 0 aromatic carbocycles. The first-order valence-electron chi connectivity index (χ1n) is 2.37. The van der Waals surface area contributed by atoms with Crippen molar-refractivity contribution < 1.29 is 9.90 Å². The molecule has 0 saturated carbocycles. The first-order chi connectivity index (χ1) is 4.30. The molecule has 0 aliphatic carbocycles. The summed E-state index contributed by atoms with van der Waals surface area (Å²) < 4.78 is 0. The Bertz CT molecular complexity index is 190. The van der Waals surface area contributed by atoms with Gasteiger partial charge in [-0.2, -0.15) is 0 Å². The van der Waals surface area contributed by atoms with Gasteiger partial charge in [0.15, 0.2) is 0 Å². The Balaban J connectivity index is 0.000000810. The van der Waals surface area contributed by atoms with E-state index in [9.17, 15) is 4.79 Å². The largest absolute Gasteiger partial charge is 0.477 e. The monoisotopic (exact) mass is 179 g/mol. The molecule has 0 amide bonds. The number of halogens is 1. The number of aliphatic imine (C=N–C) groups is 1. The van der Waals surface area contributed by atoms with Gasteiger partial charge >= 0.3 is 5.97 Å². The van der Waals surface area contributed by atoms with Crippen molar-refractivity contribution in [1.82, 2.24) is 0 Å². The molecule has 3 nitrogen and oxygen atoms in total. The molecule has 0 unspecified atom stereocenters. The molecule has 10 heavy (non-hydrogen) atoms. The van der Waals surface area contributed by atoms with Crippen molar-refractivity contribution in [2.24, 2.45) is 4.99 Å². The number of thioether (sulfide) groups is 1. The molecular formula is C5H6ClNO2S. The molecule has 1 rings (SSSR count). The van der Waals surface area contributed by atoms with Crippen LogP contribution in [0.1, 0.15) is 0 Å². The van der Waals surface area contributed by atoms with Gasteiger partial charge in [0, 0.05) is 12.0 Å². The maximum absolute atomic E-state index is 10.2. The second kappa shape index (κ2) is 4.35. The summed E-state index contributed by atoms with van der Waals surface area (Å²) in [6.07, 6.45) is 1.50. The van der Waals surface area contributed by atoms with Crippen LogP contribution in [0, 0.1) is 0 Å². The van der Waals surface area contributed by atoms with Crippen molar-refractivity contribution >= 4 is 35.8 Å². The Morgan fingerprint density at radius 2 is 2.50 bits per heavy atom. The van der Waals surface area contributed by atoms with Gasteiger partial charge in [-0.25, -0.2) is 4.79 Å². The third-order valence-corrected chi connectivity index (χ3v) is 1.61.